The Hall–Kier alpha value is -0.820. The van der Waals surface area contributed by atoms with E-state index in [1.807, 2.05) is 0 Å². The fourth-order valence-corrected chi connectivity index (χ4v) is 3.89. The summed E-state index contributed by atoms with van der Waals surface area (Å²) in [5.74, 6) is 1.52. The highest BCUT2D eigenvalue weighted by atomic mass is 14.9. The maximum absolute atomic E-state index is 3.67. The fourth-order valence-electron chi connectivity index (χ4n) is 3.89. The molecule has 1 aromatic rings. The van der Waals surface area contributed by atoms with Gasteiger partial charge in [0.05, 0.1) is 0 Å². The average molecular weight is 287 g/mol. The monoisotopic (exact) mass is 287 g/mol. The first-order valence-corrected chi connectivity index (χ1v) is 8.71. The molecule has 1 aliphatic carbocycles. The lowest BCUT2D eigenvalue weighted by molar-refractivity contribution is 0.159. The van der Waals surface area contributed by atoms with Crippen molar-refractivity contribution >= 4 is 0 Å². The molecule has 1 heteroatoms. The molecule has 118 valence electrons. The van der Waals surface area contributed by atoms with Crippen molar-refractivity contribution in [3.63, 3.8) is 0 Å². The van der Waals surface area contributed by atoms with Gasteiger partial charge in [-0.25, -0.2) is 0 Å². The smallest absolute Gasteiger partial charge is 0.00147 e. The van der Waals surface area contributed by atoms with Crippen molar-refractivity contribution in [1.29, 1.82) is 0 Å². The molecule has 1 N–H and O–H groups in total. The maximum Gasteiger partial charge on any atom is -0.00147 e. The lowest BCUT2D eigenvalue weighted by Crippen LogP contribution is -2.35. The molecule has 0 bridgehead atoms. The molecule has 2 atom stereocenters. The van der Waals surface area contributed by atoms with Gasteiger partial charge in [-0.15, -0.1) is 0 Å². The molecule has 0 radical (unpaired) electrons. The SMILES string of the molecule is CCCNCC1CCC(C)(C)CC1c1cccc(C)c1C. The highest BCUT2D eigenvalue weighted by Gasteiger charge is 2.36. The van der Waals surface area contributed by atoms with Crippen LogP contribution in [0.1, 0.15) is 69.1 Å². The number of hydrogen-bond donors (Lipinski definition) is 1. The van der Waals surface area contributed by atoms with Crippen molar-refractivity contribution in [3.05, 3.63) is 34.9 Å². The molecule has 1 fully saturated rings. The molecule has 0 heterocycles. The lowest BCUT2D eigenvalue weighted by atomic mass is 9.64. The van der Waals surface area contributed by atoms with Gasteiger partial charge in [-0.05, 0) is 86.6 Å². The summed E-state index contributed by atoms with van der Waals surface area (Å²) in [4.78, 5) is 0. The van der Waals surface area contributed by atoms with Gasteiger partial charge in [0.15, 0.2) is 0 Å². The molecule has 2 unspecified atom stereocenters. The number of aryl methyl sites for hydroxylation is 1. The third-order valence-corrected chi connectivity index (χ3v) is 5.41. The van der Waals surface area contributed by atoms with Crippen LogP contribution in [0.5, 0.6) is 0 Å². The van der Waals surface area contributed by atoms with E-state index in [2.05, 4.69) is 58.1 Å². The van der Waals surface area contributed by atoms with Crippen molar-refractivity contribution in [2.45, 2.75) is 66.2 Å². The Morgan fingerprint density at radius 2 is 2.00 bits per heavy atom. The third-order valence-electron chi connectivity index (χ3n) is 5.41. The highest BCUT2D eigenvalue weighted by Crippen LogP contribution is 2.47. The summed E-state index contributed by atoms with van der Waals surface area (Å²) in [6.45, 7) is 14.0. The first-order valence-electron chi connectivity index (χ1n) is 8.71. The highest BCUT2D eigenvalue weighted by molar-refractivity contribution is 5.36. The van der Waals surface area contributed by atoms with E-state index in [1.54, 1.807) is 5.56 Å². The van der Waals surface area contributed by atoms with Crippen LogP contribution in [0.4, 0.5) is 0 Å². The van der Waals surface area contributed by atoms with Crippen LogP contribution in [-0.4, -0.2) is 13.1 Å². The fraction of sp³-hybridized carbons (Fsp3) is 0.700. The molecule has 1 saturated carbocycles. The van der Waals surface area contributed by atoms with Gasteiger partial charge in [-0.2, -0.15) is 0 Å². The number of nitrogens with one attached hydrogen (secondary N) is 1. The Morgan fingerprint density at radius 3 is 2.71 bits per heavy atom. The summed E-state index contributed by atoms with van der Waals surface area (Å²) in [5.41, 5.74) is 5.05. The number of hydrogen-bond acceptors (Lipinski definition) is 1. The summed E-state index contributed by atoms with van der Waals surface area (Å²) in [7, 11) is 0. The minimum absolute atomic E-state index is 0.488. The van der Waals surface area contributed by atoms with Gasteiger partial charge in [-0.3, -0.25) is 0 Å². The van der Waals surface area contributed by atoms with Crippen molar-refractivity contribution in [1.82, 2.24) is 5.32 Å². The minimum Gasteiger partial charge on any atom is -0.316 e. The zero-order valence-electron chi connectivity index (χ0n) is 14.6. The maximum atomic E-state index is 3.67. The van der Waals surface area contributed by atoms with Crippen molar-refractivity contribution in [2.75, 3.05) is 13.1 Å². The van der Waals surface area contributed by atoms with Gasteiger partial charge in [0.25, 0.3) is 0 Å². The van der Waals surface area contributed by atoms with E-state index >= 15 is 0 Å². The standard InChI is InChI=1S/C20H33N/c1-6-12-21-14-17-10-11-20(4,5)13-19(17)18-9-7-8-15(2)16(18)3/h7-9,17,19,21H,6,10-14H2,1-5H3. The summed E-state index contributed by atoms with van der Waals surface area (Å²) < 4.78 is 0. The van der Waals surface area contributed by atoms with Gasteiger partial charge in [0.1, 0.15) is 0 Å². The summed E-state index contributed by atoms with van der Waals surface area (Å²) in [5, 5.41) is 3.67. The van der Waals surface area contributed by atoms with Gasteiger partial charge < -0.3 is 5.32 Å². The van der Waals surface area contributed by atoms with Gasteiger partial charge >= 0.3 is 0 Å². The topological polar surface area (TPSA) is 12.0 Å². The summed E-state index contributed by atoms with van der Waals surface area (Å²) >= 11 is 0. The van der Waals surface area contributed by atoms with Crippen LogP contribution in [-0.2, 0) is 0 Å². The molecule has 0 aromatic heterocycles. The van der Waals surface area contributed by atoms with Crippen molar-refractivity contribution < 1.29 is 0 Å². The molecule has 0 aliphatic heterocycles. The molecule has 1 aliphatic rings. The van der Waals surface area contributed by atoms with Crippen molar-refractivity contribution in [2.24, 2.45) is 11.3 Å². The zero-order chi connectivity index (χ0) is 15.5. The molecular weight excluding hydrogens is 254 g/mol. The molecular formula is C20H33N. The zero-order valence-corrected chi connectivity index (χ0v) is 14.6. The van der Waals surface area contributed by atoms with E-state index in [4.69, 9.17) is 0 Å². The van der Waals surface area contributed by atoms with Gasteiger partial charge in [0.2, 0.25) is 0 Å². The predicted octanol–water partition coefficient (Wildman–Crippen LogP) is 5.21. The van der Waals surface area contributed by atoms with Gasteiger partial charge in [0, 0.05) is 0 Å². The first kappa shape index (κ1) is 16.5. The Morgan fingerprint density at radius 1 is 1.24 bits per heavy atom. The van der Waals surface area contributed by atoms with Crippen LogP contribution in [0.3, 0.4) is 0 Å². The normalized spacial score (nSPS) is 25.0. The Labute approximate surface area is 131 Å². The molecule has 1 aromatic carbocycles. The molecule has 2 rings (SSSR count). The van der Waals surface area contributed by atoms with E-state index in [0.29, 0.717) is 5.41 Å². The Kier molecular flexibility index (Phi) is 5.48. The predicted molar refractivity (Wildman–Crippen MR) is 92.9 cm³/mol. The van der Waals surface area contributed by atoms with E-state index < -0.39 is 0 Å². The second kappa shape index (κ2) is 6.96. The third kappa shape index (κ3) is 4.10. The second-order valence-corrected chi connectivity index (χ2v) is 7.77. The minimum atomic E-state index is 0.488. The van der Waals surface area contributed by atoms with Crippen LogP contribution in [0.15, 0.2) is 18.2 Å². The Balaban J connectivity index is 2.22. The molecule has 0 spiro atoms. The average Bonchev–Trinajstić information content (AvgIpc) is 2.43. The van der Waals surface area contributed by atoms with Crippen molar-refractivity contribution in [3.8, 4) is 0 Å². The van der Waals surface area contributed by atoms with E-state index in [1.165, 1.54) is 43.4 Å². The molecule has 0 amide bonds. The lowest BCUT2D eigenvalue weighted by Gasteiger charge is -2.42. The van der Waals surface area contributed by atoms with E-state index in [0.717, 1.165) is 18.4 Å². The van der Waals surface area contributed by atoms with Crippen LogP contribution >= 0.6 is 0 Å². The van der Waals surface area contributed by atoms with Gasteiger partial charge in [-0.1, -0.05) is 39.0 Å². The van der Waals surface area contributed by atoms with E-state index in [-0.39, 0.29) is 0 Å². The molecule has 21 heavy (non-hydrogen) atoms. The van der Waals surface area contributed by atoms with Crippen LogP contribution in [0.2, 0.25) is 0 Å². The van der Waals surface area contributed by atoms with Crippen LogP contribution in [0.25, 0.3) is 0 Å². The Bertz CT molecular complexity index is 461. The molecule has 1 nitrogen and oxygen atoms in total. The molecule has 0 saturated heterocycles. The first-order chi connectivity index (χ1) is 9.94. The van der Waals surface area contributed by atoms with Crippen LogP contribution < -0.4 is 5.32 Å². The van der Waals surface area contributed by atoms with Crippen LogP contribution in [0, 0.1) is 25.2 Å². The largest absolute Gasteiger partial charge is 0.316 e. The van der Waals surface area contributed by atoms with E-state index in [9.17, 15) is 0 Å². The number of rotatable bonds is 5. The summed E-state index contributed by atoms with van der Waals surface area (Å²) in [6.07, 6.45) is 5.29. The second-order valence-electron chi connectivity index (χ2n) is 7.77. The summed E-state index contributed by atoms with van der Waals surface area (Å²) in [6, 6.07) is 6.87. The number of benzene rings is 1. The quantitative estimate of drug-likeness (QED) is 0.733.